The summed E-state index contributed by atoms with van der Waals surface area (Å²) >= 11 is 0. The minimum absolute atomic E-state index is 0.168. The SMILES string of the molecule is COc1cccc(C(=O)C2=COC=C(C3=CC=CCC3)O2)c1. The highest BCUT2D eigenvalue weighted by Crippen LogP contribution is 2.27. The van der Waals surface area contributed by atoms with Crippen molar-refractivity contribution in [2.45, 2.75) is 12.8 Å². The molecule has 0 bridgehead atoms. The number of benzene rings is 1. The molecule has 112 valence electrons. The Morgan fingerprint density at radius 3 is 2.95 bits per heavy atom. The van der Waals surface area contributed by atoms with Gasteiger partial charge in [0.15, 0.2) is 5.76 Å². The summed E-state index contributed by atoms with van der Waals surface area (Å²) in [4.78, 5) is 12.5. The van der Waals surface area contributed by atoms with Gasteiger partial charge in [-0.05, 0) is 30.5 Å². The fraction of sp³-hybridized carbons (Fsp3) is 0.167. The first-order chi connectivity index (χ1) is 10.8. The lowest BCUT2D eigenvalue weighted by Gasteiger charge is -2.18. The Balaban J connectivity index is 1.77. The second-order valence-electron chi connectivity index (χ2n) is 4.92. The van der Waals surface area contributed by atoms with Crippen LogP contribution >= 0.6 is 0 Å². The van der Waals surface area contributed by atoms with E-state index < -0.39 is 0 Å². The van der Waals surface area contributed by atoms with Crippen LogP contribution < -0.4 is 4.74 Å². The second kappa shape index (κ2) is 6.35. The standard InChI is InChI=1S/C18H16O4/c1-20-15-9-5-8-14(10-15)18(19)17-12-21-11-16(22-17)13-6-3-2-4-7-13/h2-3,5-6,8-12H,4,7H2,1H3. The maximum Gasteiger partial charge on any atom is 0.231 e. The van der Waals surface area contributed by atoms with Gasteiger partial charge in [0.05, 0.1) is 7.11 Å². The van der Waals surface area contributed by atoms with Gasteiger partial charge >= 0.3 is 0 Å². The number of methoxy groups -OCH3 is 1. The van der Waals surface area contributed by atoms with Crippen LogP contribution in [0.4, 0.5) is 0 Å². The molecule has 3 rings (SSSR count). The number of hydrogen-bond donors (Lipinski definition) is 0. The van der Waals surface area contributed by atoms with Crippen LogP contribution in [-0.2, 0) is 9.47 Å². The summed E-state index contributed by atoms with van der Waals surface area (Å²) in [7, 11) is 1.56. The van der Waals surface area contributed by atoms with Gasteiger partial charge in [0.25, 0.3) is 0 Å². The van der Waals surface area contributed by atoms with Gasteiger partial charge in [-0.25, -0.2) is 0 Å². The molecule has 0 aromatic heterocycles. The molecule has 1 aromatic rings. The molecular weight excluding hydrogens is 280 g/mol. The van der Waals surface area contributed by atoms with E-state index in [9.17, 15) is 4.79 Å². The predicted molar refractivity (Wildman–Crippen MR) is 82.1 cm³/mol. The van der Waals surface area contributed by atoms with E-state index in [4.69, 9.17) is 14.2 Å². The summed E-state index contributed by atoms with van der Waals surface area (Å²) in [5, 5.41) is 0. The molecule has 0 atom stereocenters. The molecule has 2 aliphatic rings. The summed E-state index contributed by atoms with van der Waals surface area (Å²) in [6, 6.07) is 6.94. The third-order valence-corrected chi connectivity index (χ3v) is 3.46. The molecule has 0 saturated carbocycles. The van der Waals surface area contributed by atoms with Gasteiger partial charge in [-0.1, -0.05) is 30.4 Å². The number of carbonyl (C=O) groups excluding carboxylic acids is 1. The van der Waals surface area contributed by atoms with Crippen molar-refractivity contribution in [3.05, 3.63) is 77.7 Å². The number of allylic oxidation sites excluding steroid dienone is 5. The minimum Gasteiger partial charge on any atom is -0.497 e. The molecule has 0 spiro atoms. The molecule has 0 saturated heterocycles. The van der Waals surface area contributed by atoms with Gasteiger partial charge in [-0.2, -0.15) is 0 Å². The van der Waals surface area contributed by atoms with Gasteiger partial charge < -0.3 is 14.2 Å². The Hall–Kier alpha value is -2.75. The molecule has 1 aromatic carbocycles. The highest BCUT2D eigenvalue weighted by atomic mass is 16.5. The lowest BCUT2D eigenvalue weighted by atomic mass is 10.0. The fourth-order valence-electron chi connectivity index (χ4n) is 2.28. The Kier molecular flexibility index (Phi) is 4.10. The zero-order chi connectivity index (χ0) is 15.4. The lowest BCUT2D eigenvalue weighted by molar-refractivity contribution is 0.0933. The van der Waals surface area contributed by atoms with Gasteiger partial charge in [0.1, 0.15) is 18.3 Å². The first-order valence-corrected chi connectivity index (χ1v) is 7.06. The van der Waals surface area contributed by atoms with E-state index >= 15 is 0 Å². The van der Waals surface area contributed by atoms with Crippen LogP contribution in [0.2, 0.25) is 0 Å². The van der Waals surface area contributed by atoms with Crippen LogP contribution in [0.25, 0.3) is 0 Å². The molecule has 1 aliphatic heterocycles. The molecule has 0 fully saturated rings. The lowest BCUT2D eigenvalue weighted by Crippen LogP contribution is -2.12. The first-order valence-electron chi connectivity index (χ1n) is 7.06. The van der Waals surface area contributed by atoms with Crippen molar-refractivity contribution in [3.8, 4) is 5.75 Å². The minimum atomic E-state index is -0.239. The van der Waals surface area contributed by atoms with Crippen molar-refractivity contribution in [1.82, 2.24) is 0 Å². The van der Waals surface area contributed by atoms with E-state index in [0.717, 1.165) is 18.4 Å². The monoisotopic (exact) mass is 296 g/mol. The third kappa shape index (κ3) is 2.96. The third-order valence-electron chi connectivity index (χ3n) is 3.46. The average molecular weight is 296 g/mol. The van der Waals surface area contributed by atoms with Crippen molar-refractivity contribution >= 4 is 5.78 Å². The summed E-state index contributed by atoms with van der Waals surface area (Å²) in [5.74, 6) is 1.13. The first kappa shape index (κ1) is 14.2. The number of rotatable bonds is 4. The zero-order valence-corrected chi connectivity index (χ0v) is 12.2. The van der Waals surface area contributed by atoms with Gasteiger partial charge in [0, 0.05) is 5.56 Å². The van der Waals surface area contributed by atoms with Crippen LogP contribution in [0, 0.1) is 0 Å². The smallest absolute Gasteiger partial charge is 0.231 e. The van der Waals surface area contributed by atoms with Crippen LogP contribution in [-0.4, -0.2) is 12.9 Å². The molecule has 0 amide bonds. The number of carbonyl (C=O) groups is 1. The summed E-state index contributed by atoms with van der Waals surface area (Å²) in [6.45, 7) is 0. The molecule has 4 nitrogen and oxygen atoms in total. The van der Waals surface area contributed by atoms with Crippen molar-refractivity contribution in [1.29, 1.82) is 0 Å². The van der Waals surface area contributed by atoms with Crippen molar-refractivity contribution in [2.75, 3.05) is 7.11 Å². The summed E-state index contributed by atoms with van der Waals surface area (Å²) in [5.41, 5.74) is 1.51. The van der Waals surface area contributed by atoms with Crippen LogP contribution in [0.3, 0.4) is 0 Å². The van der Waals surface area contributed by atoms with Crippen LogP contribution in [0.15, 0.2) is 72.1 Å². The molecular formula is C18H16O4. The maximum absolute atomic E-state index is 12.5. The normalized spacial score (nSPS) is 16.7. The molecule has 1 aliphatic carbocycles. The highest BCUT2D eigenvalue weighted by molar-refractivity contribution is 6.07. The average Bonchev–Trinajstić information content (AvgIpc) is 2.62. The van der Waals surface area contributed by atoms with Crippen LogP contribution in [0.5, 0.6) is 5.75 Å². The van der Waals surface area contributed by atoms with E-state index in [2.05, 4.69) is 6.08 Å². The van der Waals surface area contributed by atoms with E-state index in [1.165, 1.54) is 12.5 Å². The molecule has 0 unspecified atom stereocenters. The van der Waals surface area contributed by atoms with E-state index in [1.54, 1.807) is 31.4 Å². The van der Waals surface area contributed by atoms with E-state index in [1.807, 2.05) is 12.2 Å². The number of hydrogen-bond acceptors (Lipinski definition) is 4. The summed E-state index contributed by atoms with van der Waals surface area (Å²) < 4.78 is 16.1. The van der Waals surface area contributed by atoms with Gasteiger partial charge in [-0.3, -0.25) is 4.79 Å². The Bertz CT molecular complexity index is 708. The number of Topliss-reactive ketones (excluding diaryl/α,β-unsaturated/α-hetero) is 1. The molecule has 22 heavy (non-hydrogen) atoms. The van der Waals surface area contributed by atoms with Crippen LogP contribution in [0.1, 0.15) is 23.2 Å². The number of ether oxygens (including phenoxy) is 3. The van der Waals surface area contributed by atoms with E-state index in [-0.39, 0.29) is 11.5 Å². The number of ketones is 1. The fourth-order valence-corrected chi connectivity index (χ4v) is 2.28. The predicted octanol–water partition coefficient (Wildman–Crippen LogP) is 3.88. The Morgan fingerprint density at radius 1 is 1.27 bits per heavy atom. The van der Waals surface area contributed by atoms with Gasteiger partial charge in [-0.15, -0.1) is 0 Å². The maximum atomic E-state index is 12.5. The summed E-state index contributed by atoms with van der Waals surface area (Å²) in [6.07, 6.45) is 10.7. The highest BCUT2D eigenvalue weighted by Gasteiger charge is 2.21. The van der Waals surface area contributed by atoms with Crippen molar-refractivity contribution < 1.29 is 19.0 Å². The topological polar surface area (TPSA) is 44.8 Å². The van der Waals surface area contributed by atoms with Crippen molar-refractivity contribution in [3.63, 3.8) is 0 Å². The largest absolute Gasteiger partial charge is 0.497 e. The zero-order valence-electron chi connectivity index (χ0n) is 12.2. The molecule has 4 heteroatoms. The van der Waals surface area contributed by atoms with Crippen molar-refractivity contribution in [2.24, 2.45) is 0 Å². The molecule has 1 heterocycles. The van der Waals surface area contributed by atoms with E-state index in [0.29, 0.717) is 17.1 Å². The Morgan fingerprint density at radius 2 is 2.18 bits per heavy atom. The van der Waals surface area contributed by atoms with Gasteiger partial charge in [0.2, 0.25) is 11.5 Å². The molecule has 0 radical (unpaired) electrons. The Labute approximate surface area is 129 Å². The second-order valence-corrected chi connectivity index (χ2v) is 4.92. The quantitative estimate of drug-likeness (QED) is 0.791. The molecule has 0 N–H and O–H groups in total.